The topological polar surface area (TPSA) is 104 Å². The van der Waals surface area contributed by atoms with Gasteiger partial charge in [-0.2, -0.15) is 4.72 Å². The molecule has 0 aromatic heterocycles. The molecule has 170 valence electrons. The molecule has 33 heavy (non-hydrogen) atoms. The van der Waals surface area contributed by atoms with E-state index < -0.39 is 22.0 Å². The van der Waals surface area contributed by atoms with E-state index in [2.05, 4.69) is 31.3 Å². The van der Waals surface area contributed by atoms with Crippen molar-refractivity contribution in [2.75, 3.05) is 10.6 Å². The van der Waals surface area contributed by atoms with Crippen LogP contribution in [0.5, 0.6) is 0 Å². The molecule has 1 aliphatic heterocycles. The summed E-state index contributed by atoms with van der Waals surface area (Å²) in [6.07, 6.45) is 0.752. The molecular weight excluding hydrogens is 506 g/mol. The lowest BCUT2D eigenvalue weighted by Gasteiger charge is -2.21. The van der Waals surface area contributed by atoms with Crippen LogP contribution in [0, 0.1) is 6.92 Å². The van der Waals surface area contributed by atoms with E-state index in [0.717, 1.165) is 15.6 Å². The normalized spacial score (nSPS) is 14.2. The zero-order valence-electron chi connectivity index (χ0n) is 17.8. The summed E-state index contributed by atoms with van der Waals surface area (Å²) < 4.78 is 29.9. The number of halogens is 1. The van der Waals surface area contributed by atoms with Gasteiger partial charge in [-0.1, -0.05) is 46.3 Å². The lowest BCUT2D eigenvalue weighted by atomic mass is 10.0. The van der Waals surface area contributed by atoms with Gasteiger partial charge in [-0.05, 0) is 66.4 Å². The zero-order valence-corrected chi connectivity index (χ0v) is 20.2. The van der Waals surface area contributed by atoms with Crippen molar-refractivity contribution in [2.45, 2.75) is 30.7 Å². The number of carbonyl (C=O) groups excluding carboxylic acids is 2. The Balaban J connectivity index is 1.63. The van der Waals surface area contributed by atoms with Crippen molar-refractivity contribution in [3.63, 3.8) is 0 Å². The maximum absolute atomic E-state index is 13.2. The van der Waals surface area contributed by atoms with Gasteiger partial charge in [0.25, 0.3) is 0 Å². The quantitative estimate of drug-likeness (QED) is 0.444. The third-order valence-corrected chi connectivity index (χ3v) is 7.69. The number of nitrogens with one attached hydrogen (secondary N) is 3. The van der Waals surface area contributed by atoms with Crippen molar-refractivity contribution < 1.29 is 18.0 Å². The maximum atomic E-state index is 13.2. The smallest absolute Gasteiger partial charge is 0.247 e. The number of rotatable bonds is 6. The summed E-state index contributed by atoms with van der Waals surface area (Å²) in [5.74, 6) is -0.600. The SMILES string of the molecule is Cc1cc(NC(=O)C(NS(=O)(=O)c2ccc3c(c2)CCC(=O)N3)c2ccccc2)ccc1Br. The van der Waals surface area contributed by atoms with Gasteiger partial charge in [0.1, 0.15) is 6.04 Å². The van der Waals surface area contributed by atoms with Crippen molar-refractivity contribution >= 4 is 49.1 Å². The fourth-order valence-electron chi connectivity index (χ4n) is 3.61. The fourth-order valence-corrected chi connectivity index (χ4v) is 5.09. The average Bonchev–Trinajstić information content (AvgIpc) is 2.80. The number of fused-ring (bicyclic) bond motifs is 1. The molecule has 0 saturated carbocycles. The van der Waals surface area contributed by atoms with Gasteiger partial charge in [0.15, 0.2) is 0 Å². The van der Waals surface area contributed by atoms with E-state index >= 15 is 0 Å². The monoisotopic (exact) mass is 527 g/mol. The van der Waals surface area contributed by atoms with Gasteiger partial charge < -0.3 is 10.6 Å². The molecule has 3 aromatic carbocycles. The fraction of sp³-hybridized carbons (Fsp3) is 0.167. The molecule has 0 saturated heterocycles. The third kappa shape index (κ3) is 5.32. The van der Waals surface area contributed by atoms with Gasteiger partial charge in [0.05, 0.1) is 4.90 Å². The van der Waals surface area contributed by atoms with E-state index in [0.29, 0.717) is 29.8 Å². The predicted octanol–water partition coefficient (Wildman–Crippen LogP) is 4.30. The second kappa shape index (κ2) is 9.46. The Labute approximate surface area is 200 Å². The molecule has 0 spiro atoms. The highest BCUT2D eigenvalue weighted by molar-refractivity contribution is 9.10. The number of sulfonamides is 1. The molecule has 0 radical (unpaired) electrons. The average molecular weight is 528 g/mol. The molecule has 1 heterocycles. The number of carbonyl (C=O) groups is 2. The van der Waals surface area contributed by atoms with Crippen LogP contribution in [0.4, 0.5) is 11.4 Å². The van der Waals surface area contributed by atoms with Crippen LogP contribution >= 0.6 is 15.9 Å². The van der Waals surface area contributed by atoms with E-state index in [1.165, 1.54) is 12.1 Å². The first-order chi connectivity index (χ1) is 15.7. The van der Waals surface area contributed by atoms with Crippen molar-refractivity contribution in [1.82, 2.24) is 4.72 Å². The molecule has 1 unspecified atom stereocenters. The van der Waals surface area contributed by atoms with E-state index in [1.54, 1.807) is 48.5 Å². The van der Waals surface area contributed by atoms with Crippen molar-refractivity contribution in [2.24, 2.45) is 0 Å². The van der Waals surface area contributed by atoms with Crippen molar-refractivity contribution in [1.29, 1.82) is 0 Å². The first-order valence-corrected chi connectivity index (χ1v) is 12.6. The minimum Gasteiger partial charge on any atom is -0.326 e. The Hall–Kier alpha value is -3.01. The number of amides is 2. The highest BCUT2D eigenvalue weighted by Gasteiger charge is 2.28. The Morgan fingerprint density at radius 1 is 1.03 bits per heavy atom. The summed E-state index contributed by atoms with van der Waals surface area (Å²) in [7, 11) is -4.04. The molecule has 0 bridgehead atoms. The summed E-state index contributed by atoms with van der Waals surface area (Å²) in [5, 5.41) is 5.54. The van der Waals surface area contributed by atoms with Crippen LogP contribution in [0.2, 0.25) is 0 Å². The number of aryl methyl sites for hydroxylation is 2. The number of hydrogen-bond donors (Lipinski definition) is 3. The van der Waals surface area contributed by atoms with Crippen LogP contribution in [0.15, 0.2) is 76.1 Å². The standard InChI is InChI=1S/C24H22BrN3O4S/c1-15-13-18(8-10-20(15)25)26-24(30)23(16-5-3-2-4-6-16)28-33(31,32)19-9-11-21-17(14-19)7-12-22(29)27-21/h2-6,8-11,13-14,23,28H,7,12H2,1H3,(H,26,30)(H,27,29). The molecule has 9 heteroatoms. The van der Waals surface area contributed by atoms with Crippen LogP contribution in [0.1, 0.15) is 29.2 Å². The molecule has 1 atom stereocenters. The van der Waals surface area contributed by atoms with E-state index in [1.807, 2.05) is 13.0 Å². The summed E-state index contributed by atoms with van der Waals surface area (Å²) in [5.41, 5.74) is 3.35. The number of benzene rings is 3. The Kier molecular flexibility index (Phi) is 6.64. The lowest BCUT2D eigenvalue weighted by Crippen LogP contribution is -2.37. The summed E-state index contributed by atoms with van der Waals surface area (Å²) in [6, 6.07) is 17.4. The molecule has 3 N–H and O–H groups in total. The second-order valence-corrected chi connectivity index (χ2v) is 10.4. The summed E-state index contributed by atoms with van der Waals surface area (Å²) in [6.45, 7) is 1.90. The zero-order chi connectivity index (χ0) is 23.6. The van der Waals surface area contributed by atoms with Crippen LogP contribution in [0.25, 0.3) is 0 Å². The maximum Gasteiger partial charge on any atom is 0.247 e. The predicted molar refractivity (Wildman–Crippen MR) is 130 cm³/mol. The molecule has 3 aromatic rings. The van der Waals surface area contributed by atoms with Crippen LogP contribution in [-0.4, -0.2) is 20.2 Å². The Bertz CT molecular complexity index is 1330. The third-order valence-electron chi connectivity index (χ3n) is 5.38. The van der Waals surface area contributed by atoms with Gasteiger partial charge >= 0.3 is 0 Å². The minimum absolute atomic E-state index is 0.0330. The Morgan fingerprint density at radius 3 is 2.52 bits per heavy atom. The highest BCUT2D eigenvalue weighted by Crippen LogP contribution is 2.27. The van der Waals surface area contributed by atoms with Gasteiger partial charge in [0, 0.05) is 22.3 Å². The molecular formula is C24H22BrN3O4S. The summed E-state index contributed by atoms with van der Waals surface area (Å²) >= 11 is 3.43. The minimum atomic E-state index is -4.04. The Morgan fingerprint density at radius 2 is 1.79 bits per heavy atom. The molecule has 4 rings (SSSR count). The van der Waals surface area contributed by atoms with Gasteiger partial charge in [-0.25, -0.2) is 8.42 Å². The lowest BCUT2D eigenvalue weighted by molar-refractivity contribution is -0.118. The van der Waals surface area contributed by atoms with E-state index in [-0.39, 0.29) is 10.8 Å². The first kappa shape index (κ1) is 23.2. The largest absolute Gasteiger partial charge is 0.326 e. The van der Waals surface area contributed by atoms with Crippen LogP contribution < -0.4 is 15.4 Å². The van der Waals surface area contributed by atoms with Crippen LogP contribution in [0.3, 0.4) is 0 Å². The van der Waals surface area contributed by atoms with E-state index in [9.17, 15) is 18.0 Å². The van der Waals surface area contributed by atoms with E-state index in [4.69, 9.17) is 0 Å². The molecule has 2 amide bonds. The molecule has 0 fully saturated rings. The van der Waals surface area contributed by atoms with Gasteiger partial charge in [-0.15, -0.1) is 0 Å². The molecule has 1 aliphatic rings. The van der Waals surface area contributed by atoms with Crippen molar-refractivity contribution in [3.05, 3.63) is 87.9 Å². The second-order valence-electron chi connectivity index (χ2n) is 7.79. The number of anilines is 2. The first-order valence-electron chi connectivity index (χ1n) is 10.3. The van der Waals surface area contributed by atoms with Crippen LogP contribution in [-0.2, 0) is 26.0 Å². The molecule has 0 aliphatic carbocycles. The van der Waals surface area contributed by atoms with Crippen molar-refractivity contribution in [3.8, 4) is 0 Å². The van der Waals surface area contributed by atoms with Gasteiger partial charge in [-0.3, -0.25) is 9.59 Å². The highest BCUT2D eigenvalue weighted by atomic mass is 79.9. The molecule has 7 nitrogen and oxygen atoms in total. The van der Waals surface area contributed by atoms with Gasteiger partial charge in [0.2, 0.25) is 21.8 Å². The summed E-state index contributed by atoms with van der Waals surface area (Å²) in [4.78, 5) is 24.8. The number of hydrogen-bond acceptors (Lipinski definition) is 4.